The summed E-state index contributed by atoms with van der Waals surface area (Å²) in [7, 11) is 0. The maximum absolute atomic E-state index is 13.1. The zero-order valence-corrected chi connectivity index (χ0v) is 15.4. The molecule has 0 radical (unpaired) electrons. The molecule has 0 saturated carbocycles. The predicted molar refractivity (Wildman–Crippen MR) is 103 cm³/mol. The molecule has 1 atom stereocenters. The first kappa shape index (κ1) is 17.9. The molecule has 2 aromatic carbocycles. The Morgan fingerprint density at radius 3 is 2.07 bits per heavy atom. The predicted octanol–water partition coefficient (Wildman–Crippen LogP) is 2.93. The minimum absolute atomic E-state index is 0.164. The molecule has 2 aliphatic rings. The third kappa shape index (κ3) is 3.55. The Labute approximate surface area is 161 Å². The number of amides is 2. The van der Waals surface area contributed by atoms with Gasteiger partial charge in [0.1, 0.15) is 5.82 Å². The van der Waals surface area contributed by atoms with Crippen molar-refractivity contribution in [2.45, 2.75) is 12.5 Å². The van der Waals surface area contributed by atoms with Crippen LogP contribution in [0.4, 0.5) is 15.8 Å². The van der Waals surface area contributed by atoms with Gasteiger partial charge < -0.3 is 4.90 Å². The molecular formula is C20H19ClFN3O2. The quantitative estimate of drug-likeness (QED) is 0.759. The standard InChI is InChI=1S/C20H19ClFN3O2/c21-14-1-5-16(6-2-14)23-9-11-24(12-10-23)18-13-19(26)25(20(18)27)17-7-3-15(22)4-8-17/h1-8,18H,9-13H2/t18-/m0/s1. The van der Waals surface area contributed by atoms with Crippen molar-refractivity contribution in [2.24, 2.45) is 0 Å². The van der Waals surface area contributed by atoms with Gasteiger partial charge in [-0.25, -0.2) is 9.29 Å². The van der Waals surface area contributed by atoms with Crippen LogP contribution in [0.25, 0.3) is 0 Å². The van der Waals surface area contributed by atoms with Crippen LogP contribution in [0.15, 0.2) is 48.5 Å². The van der Waals surface area contributed by atoms with Gasteiger partial charge in [0.25, 0.3) is 5.91 Å². The van der Waals surface area contributed by atoms with E-state index in [1.807, 2.05) is 24.3 Å². The third-order valence-electron chi connectivity index (χ3n) is 5.15. The van der Waals surface area contributed by atoms with Gasteiger partial charge in [0.15, 0.2) is 0 Å². The van der Waals surface area contributed by atoms with Crippen molar-refractivity contribution in [3.8, 4) is 0 Å². The van der Waals surface area contributed by atoms with Crippen LogP contribution >= 0.6 is 11.6 Å². The lowest BCUT2D eigenvalue weighted by Crippen LogP contribution is -2.52. The van der Waals surface area contributed by atoms with Gasteiger partial charge in [0, 0.05) is 36.9 Å². The second-order valence-corrected chi connectivity index (χ2v) is 7.20. The summed E-state index contributed by atoms with van der Waals surface area (Å²) >= 11 is 5.94. The van der Waals surface area contributed by atoms with Crippen molar-refractivity contribution in [2.75, 3.05) is 36.0 Å². The molecule has 0 N–H and O–H groups in total. The van der Waals surface area contributed by atoms with E-state index in [1.54, 1.807) is 0 Å². The molecule has 2 aromatic rings. The highest BCUT2D eigenvalue weighted by atomic mass is 35.5. The monoisotopic (exact) mass is 387 g/mol. The lowest BCUT2D eigenvalue weighted by molar-refractivity contribution is -0.123. The third-order valence-corrected chi connectivity index (χ3v) is 5.41. The van der Waals surface area contributed by atoms with Gasteiger partial charge in [-0.05, 0) is 48.5 Å². The Balaban J connectivity index is 1.43. The largest absolute Gasteiger partial charge is 0.369 e. The van der Waals surface area contributed by atoms with Gasteiger partial charge >= 0.3 is 0 Å². The summed E-state index contributed by atoms with van der Waals surface area (Å²) in [6.45, 7) is 2.94. The molecule has 4 rings (SSSR count). The molecule has 27 heavy (non-hydrogen) atoms. The summed E-state index contributed by atoms with van der Waals surface area (Å²) in [5.74, 6) is -0.865. The highest BCUT2D eigenvalue weighted by molar-refractivity contribution is 6.30. The van der Waals surface area contributed by atoms with Crippen LogP contribution < -0.4 is 9.80 Å². The van der Waals surface area contributed by atoms with E-state index in [1.165, 1.54) is 29.2 Å². The summed E-state index contributed by atoms with van der Waals surface area (Å²) in [5, 5.41) is 0.702. The molecule has 0 aliphatic carbocycles. The number of carbonyl (C=O) groups is 2. The minimum atomic E-state index is -0.449. The molecule has 0 aromatic heterocycles. The molecule has 0 bridgehead atoms. The van der Waals surface area contributed by atoms with E-state index in [0.29, 0.717) is 23.8 Å². The summed E-state index contributed by atoms with van der Waals surface area (Å²) in [4.78, 5) is 30.7. The van der Waals surface area contributed by atoms with Crippen LogP contribution in [-0.2, 0) is 9.59 Å². The maximum atomic E-state index is 13.1. The average Bonchev–Trinajstić information content (AvgIpc) is 2.98. The Morgan fingerprint density at radius 2 is 1.44 bits per heavy atom. The SMILES string of the molecule is O=C1C[C@H](N2CCN(c3ccc(Cl)cc3)CC2)C(=O)N1c1ccc(F)cc1. The fourth-order valence-electron chi connectivity index (χ4n) is 3.71. The molecule has 5 nitrogen and oxygen atoms in total. The zero-order valence-electron chi connectivity index (χ0n) is 14.6. The van der Waals surface area contributed by atoms with Crippen LogP contribution in [-0.4, -0.2) is 48.9 Å². The number of hydrogen-bond donors (Lipinski definition) is 0. The summed E-state index contributed by atoms with van der Waals surface area (Å²) < 4.78 is 13.1. The van der Waals surface area contributed by atoms with E-state index >= 15 is 0 Å². The second kappa shape index (κ2) is 7.29. The lowest BCUT2D eigenvalue weighted by atomic mass is 10.1. The van der Waals surface area contributed by atoms with Crippen molar-refractivity contribution in [3.63, 3.8) is 0 Å². The van der Waals surface area contributed by atoms with Gasteiger partial charge in [-0.15, -0.1) is 0 Å². The van der Waals surface area contributed by atoms with Gasteiger partial charge in [-0.3, -0.25) is 14.5 Å². The fourth-order valence-corrected chi connectivity index (χ4v) is 3.83. The number of halogens is 2. The van der Waals surface area contributed by atoms with Gasteiger partial charge in [-0.2, -0.15) is 0 Å². The van der Waals surface area contributed by atoms with Gasteiger partial charge in [0.05, 0.1) is 18.2 Å². The Morgan fingerprint density at radius 1 is 0.852 bits per heavy atom. The first-order valence-electron chi connectivity index (χ1n) is 8.90. The van der Waals surface area contributed by atoms with Gasteiger partial charge in [-0.1, -0.05) is 11.6 Å². The summed E-state index contributed by atoms with van der Waals surface area (Å²) in [6, 6.07) is 12.7. The van der Waals surface area contributed by atoms with Crippen molar-refractivity contribution in [1.29, 1.82) is 0 Å². The number of piperazine rings is 1. The number of rotatable bonds is 3. The highest BCUT2D eigenvalue weighted by Crippen LogP contribution is 2.27. The van der Waals surface area contributed by atoms with Crippen molar-refractivity contribution in [3.05, 3.63) is 59.4 Å². The number of anilines is 2. The first-order chi connectivity index (χ1) is 13.0. The number of benzene rings is 2. The number of imide groups is 1. The highest BCUT2D eigenvalue weighted by Gasteiger charge is 2.43. The Bertz CT molecular complexity index is 849. The topological polar surface area (TPSA) is 43.9 Å². The van der Waals surface area contributed by atoms with Crippen molar-refractivity contribution < 1.29 is 14.0 Å². The summed E-state index contributed by atoms with van der Waals surface area (Å²) in [5.41, 5.74) is 1.52. The Kier molecular flexibility index (Phi) is 4.85. The molecule has 2 amide bonds. The number of hydrogen-bond acceptors (Lipinski definition) is 4. The van der Waals surface area contributed by atoms with E-state index in [-0.39, 0.29) is 18.2 Å². The minimum Gasteiger partial charge on any atom is -0.369 e. The van der Waals surface area contributed by atoms with Crippen LogP contribution in [0.3, 0.4) is 0 Å². The Hall–Kier alpha value is -2.44. The van der Waals surface area contributed by atoms with Crippen LogP contribution in [0.1, 0.15) is 6.42 Å². The van der Waals surface area contributed by atoms with Crippen LogP contribution in [0.2, 0.25) is 5.02 Å². The molecular weight excluding hydrogens is 369 g/mol. The maximum Gasteiger partial charge on any atom is 0.251 e. The van der Waals surface area contributed by atoms with Crippen molar-refractivity contribution in [1.82, 2.24) is 4.90 Å². The molecule has 0 unspecified atom stereocenters. The van der Waals surface area contributed by atoms with E-state index in [4.69, 9.17) is 11.6 Å². The smallest absolute Gasteiger partial charge is 0.251 e. The number of carbonyl (C=O) groups excluding carboxylic acids is 2. The van der Waals surface area contributed by atoms with E-state index < -0.39 is 11.9 Å². The molecule has 2 saturated heterocycles. The second-order valence-electron chi connectivity index (χ2n) is 6.76. The molecule has 2 aliphatic heterocycles. The van der Waals surface area contributed by atoms with Gasteiger partial charge in [0.2, 0.25) is 5.91 Å². The van der Waals surface area contributed by atoms with E-state index in [0.717, 1.165) is 18.8 Å². The van der Waals surface area contributed by atoms with Crippen LogP contribution in [0.5, 0.6) is 0 Å². The normalized spacial score (nSPS) is 21.2. The average molecular weight is 388 g/mol. The lowest BCUT2D eigenvalue weighted by Gasteiger charge is -2.38. The molecule has 2 heterocycles. The fraction of sp³-hybridized carbons (Fsp3) is 0.300. The molecule has 7 heteroatoms. The first-order valence-corrected chi connectivity index (χ1v) is 9.27. The number of nitrogens with zero attached hydrogens (tertiary/aromatic N) is 3. The van der Waals surface area contributed by atoms with E-state index in [9.17, 15) is 14.0 Å². The zero-order chi connectivity index (χ0) is 19.0. The van der Waals surface area contributed by atoms with E-state index in [2.05, 4.69) is 9.80 Å². The summed E-state index contributed by atoms with van der Waals surface area (Å²) in [6.07, 6.45) is 0.164. The van der Waals surface area contributed by atoms with Crippen molar-refractivity contribution >= 4 is 34.8 Å². The molecule has 0 spiro atoms. The van der Waals surface area contributed by atoms with Crippen LogP contribution in [0, 0.1) is 5.82 Å². The molecule has 2 fully saturated rings. The molecule has 140 valence electrons.